The van der Waals surface area contributed by atoms with E-state index in [1.54, 1.807) is 26.0 Å². The Bertz CT molecular complexity index is 1450. The van der Waals surface area contributed by atoms with Gasteiger partial charge in [0, 0.05) is 24.6 Å². The van der Waals surface area contributed by atoms with Gasteiger partial charge in [-0.3, -0.25) is 14.5 Å². The molecule has 2 aliphatic rings. The van der Waals surface area contributed by atoms with Crippen LogP contribution >= 0.6 is 0 Å². The number of allylic oxidation sites excluding steroid dienone is 1. The first-order valence-electron chi connectivity index (χ1n) is 13.4. The molecule has 6 nitrogen and oxygen atoms in total. The standard InChI is InChI=1S/C33H36N2O4/c1-20(36)35-27-10-8-7-9-25(27)34-26-17-23(21-11-14-24(15-12-21)33(2,3)4)18-28(37)31(26)32(35)22-13-16-29(38-5)30(19-22)39-6/h7-16,19,23,32,34H,17-18H2,1-6H3/t23-,32-/m1/s1. The third kappa shape index (κ3) is 4.91. The van der Waals surface area contributed by atoms with Crippen molar-refractivity contribution in [1.29, 1.82) is 0 Å². The number of rotatable bonds is 4. The molecule has 1 heterocycles. The van der Waals surface area contributed by atoms with Crippen molar-refractivity contribution in [3.8, 4) is 11.5 Å². The molecule has 0 aromatic heterocycles. The Kier molecular flexibility index (Phi) is 6.98. The fraction of sp³-hybridized carbons (Fsp3) is 0.333. The van der Waals surface area contributed by atoms with Crippen LogP contribution in [0, 0.1) is 0 Å². The van der Waals surface area contributed by atoms with Gasteiger partial charge in [0.05, 0.1) is 31.6 Å². The molecular formula is C33H36N2O4. The number of ether oxygens (including phenoxy) is 2. The Morgan fingerprint density at radius 2 is 1.56 bits per heavy atom. The highest BCUT2D eigenvalue weighted by atomic mass is 16.5. The minimum atomic E-state index is -0.606. The minimum Gasteiger partial charge on any atom is -0.493 e. The van der Waals surface area contributed by atoms with Crippen LogP contribution in [0.15, 0.2) is 78.0 Å². The number of nitrogens with zero attached hydrogens (tertiary/aromatic N) is 1. The Labute approximate surface area is 230 Å². The van der Waals surface area contributed by atoms with Crippen molar-refractivity contribution < 1.29 is 19.1 Å². The van der Waals surface area contributed by atoms with E-state index in [2.05, 4.69) is 50.4 Å². The second-order valence-electron chi connectivity index (χ2n) is 11.3. The number of hydrogen-bond donors (Lipinski definition) is 1. The van der Waals surface area contributed by atoms with Crippen LogP contribution in [0.4, 0.5) is 11.4 Å². The Morgan fingerprint density at radius 3 is 2.21 bits per heavy atom. The average molecular weight is 525 g/mol. The number of methoxy groups -OCH3 is 2. The second kappa shape index (κ2) is 10.3. The van der Waals surface area contributed by atoms with Crippen molar-refractivity contribution in [3.05, 3.63) is 94.7 Å². The van der Waals surface area contributed by atoms with E-state index >= 15 is 0 Å². The molecule has 5 rings (SSSR count). The summed E-state index contributed by atoms with van der Waals surface area (Å²) >= 11 is 0. The van der Waals surface area contributed by atoms with Crippen LogP contribution in [-0.2, 0) is 15.0 Å². The highest BCUT2D eigenvalue weighted by molar-refractivity contribution is 6.06. The van der Waals surface area contributed by atoms with Gasteiger partial charge in [0.1, 0.15) is 0 Å². The maximum absolute atomic E-state index is 14.1. The molecule has 0 fully saturated rings. The Morgan fingerprint density at radius 1 is 0.897 bits per heavy atom. The summed E-state index contributed by atoms with van der Waals surface area (Å²) in [4.78, 5) is 29.1. The predicted molar refractivity (Wildman–Crippen MR) is 155 cm³/mol. The van der Waals surface area contributed by atoms with Crippen molar-refractivity contribution in [2.24, 2.45) is 0 Å². The maximum atomic E-state index is 14.1. The predicted octanol–water partition coefficient (Wildman–Crippen LogP) is 6.92. The monoisotopic (exact) mass is 524 g/mol. The van der Waals surface area contributed by atoms with Crippen LogP contribution < -0.4 is 19.7 Å². The molecule has 3 aromatic rings. The molecule has 1 amide bonds. The van der Waals surface area contributed by atoms with Crippen LogP contribution in [0.2, 0.25) is 0 Å². The van der Waals surface area contributed by atoms with Crippen molar-refractivity contribution >= 4 is 23.1 Å². The normalized spacial score (nSPS) is 19.0. The van der Waals surface area contributed by atoms with Crippen LogP contribution in [0.25, 0.3) is 0 Å². The molecule has 0 radical (unpaired) electrons. The topological polar surface area (TPSA) is 67.9 Å². The number of ketones is 1. The van der Waals surface area contributed by atoms with Gasteiger partial charge in [-0.15, -0.1) is 0 Å². The SMILES string of the molecule is COc1ccc([C@@H]2C3=C(C[C@@H](c4ccc(C(C)(C)C)cc4)CC3=O)Nc3ccccc3N2C(C)=O)cc1OC. The first-order valence-corrected chi connectivity index (χ1v) is 13.4. The zero-order chi connectivity index (χ0) is 27.9. The summed E-state index contributed by atoms with van der Waals surface area (Å²) in [7, 11) is 3.17. The lowest BCUT2D eigenvalue weighted by atomic mass is 9.77. The van der Waals surface area contributed by atoms with E-state index in [9.17, 15) is 9.59 Å². The average Bonchev–Trinajstić information content (AvgIpc) is 3.07. The summed E-state index contributed by atoms with van der Waals surface area (Å²) in [6, 6.07) is 21.4. The number of carbonyl (C=O) groups is 2. The molecule has 202 valence electrons. The summed E-state index contributed by atoms with van der Waals surface area (Å²) in [6.07, 6.45) is 1.04. The summed E-state index contributed by atoms with van der Waals surface area (Å²) in [5, 5.41) is 3.57. The molecule has 6 heteroatoms. The zero-order valence-corrected chi connectivity index (χ0v) is 23.5. The van der Waals surface area contributed by atoms with Gasteiger partial charge in [0.15, 0.2) is 17.3 Å². The van der Waals surface area contributed by atoms with Crippen molar-refractivity contribution in [1.82, 2.24) is 0 Å². The fourth-order valence-electron chi connectivity index (χ4n) is 5.77. The first-order chi connectivity index (χ1) is 18.6. The molecular weight excluding hydrogens is 488 g/mol. The van der Waals surface area contributed by atoms with Gasteiger partial charge in [-0.25, -0.2) is 0 Å². The molecule has 0 saturated heterocycles. The first kappa shape index (κ1) is 26.5. The molecule has 39 heavy (non-hydrogen) atoms. The van der Waals surface area contributed by atoms with Crippen LogP contribution in [0.5, 0.6) is 11.5 Å². The van der Waals surface area contributed by atoms with E-state index < -0.39 is 6.04 Å². The number of anilines is 2. The summed E-state index contributed by atoms with van der Waals surface area (Å²) in [5.74, 6) is 1.06. The third-order valence-corrected chi connectivity index (χ3v) is 7.80. The second-order valence-corrected chi connectivity index (χ2v) is 11.3. The van der Waals surface area contributed by atoms with E-state index in [0.717, 1.165) is 28.2 Å². The van der Waals surface area contributed by atoms with Gasteiger partial charge in [-0.2, -0.15) is 0 Å². The van der Waals surface area contributed by atoms with Crippen LogP contribution in [-0.4, -0.2) is 25.9 Å². The molecule has 1 aliphatic heterocycles. The number of carbonyl (C=O) groups excluding carboxylic acids is 2. The Hall–Kier alpha value is -4.06. The lowest BCUT2D eigenvalue weighted by molar-refractivity contribution is -0.117. The lowest BCUT2D eigenvalue weighted by Gasteiger charge is -2.35. The van der Waals surface area contributed by atoms with E-state index in [0.29, 0.717) is 29.9 Å². The maximum Gasteiger partial charge on any atom is 0.224 e. The number of Topliss-reactive ketones (excluding diaryl/α,β-unsaturated/α-hetero) is 1. The quantitative estimate of drug-likeness (QED) is 0.401. The number of amides is 1. The van der Waals surface area contributed by atoms with Gasteiger partial charge in [0.25, 0.3) is 0 Å². The zero-order valence-electron chi connectivity index (χ0n) is 23.5. The number of nitrogens with one attached hydrogen (secondary N) is 1. The van der Waals surface area contributed by atoms with Gasteiger partial charge in [-0.05, 0) is 58.7 Å². The van der Waals surface area contributed by atoms with Gasteiger partial charge < -0.3 is 14.8 Å². The third-order valence-electron chi connectivity index (χ3n) is 7.80. The van der Waals surface area contributed by atoms with Crippen LogP contribution in [0.1, 0.15) is 69.2 Å². The number of fused-ring (bicyclic) bond motifs is 1. The van der Waals surface area contributed by atoms with Gasteiger partial charge >= 0.3 is 0 Å². The van der Waals surface area contributed by atoms with Crippen molar-refractivity contribution in [2.75, 3.05) is 24.4 Å². The number of benzene rings is 3. The van der Waals surface area contributed by atoms with E-state index in [4.69, 9.17) is 9.47 Å². The minimum absolute atomic E-state index is 0.0347. The van der Waals surface area contributed by atoms with E-state index in [-0.39, 0.29) is 23.0 Å². The molecule has 1 N–H and O–H groups in total. The summed E-state index contributed by atoms with van der Waals surface area (Å²) < 4.78 is 11.0. The van der Waals surface area contributed by atoms with Crippen LogP contribution in [0.3, 0.4) is 0 Å². The molecule has 2 atom stereocenters. The number of para-hydroxylation sites is 2. The molecule has 0 bridgehead atoms. The molecule has 1 aliphatic carbocycles. The van der Waals surface area contributed by atoms with Gasteiger partial charge in [0.2, 0.25) is 5.91 Å². The highest BCUT2D eigenvalue weighted by Crippen LogP contribution is 2.48. The Balaban J connectivity index is 1.65. The smallest absolute Gasteiger partial charge is 0.224 e. The molecule has 0 unspecified atom stereocenters. The fourth-order valence-corrected chi connectivity index (χ4v) is 5.77. The van der Waals surface area contributed by atoms with Gasteiger partial charge in [-0.1, -0.05) is 63.2 Å². The molecule has 3 aromatic carbocycles. The van der Waals surface area contributed by atoms with Crippen molar-refractivity contribution in [3.63, 3.8) is 0 Å². The van der Waals surface area contributed by atoms with E-state index in [1.807, 2.05) is 42.5 Å². The lowest BCUT2D eigenvalue weighted by Crippen LogP contribution is -2.37. The largest absolute Gasteiger partial charge is 0.493 e. The molecule has 0 spiro atoms. The number of hydrogen-bond acceptors (Lipinski definition) is 5. The van der Waals surface area contributed by atoms with E-state index in [1.165, 1.54) is 5.56 Å². The summed E-state index contributed by atoms with van der Waals surface area (Å²) in [5.41, 5.74) is 6.27. The molecule has 0 saturated carbocycles. The van der Waals surface area contributed by atoms with Crippen molar-refractivity contribution in [2.45, 2.75) is 57.9 Å². The summed E-state index contributed by atoms with van der Waals surface area (Å²) in [6.45, 7) is 8.14. The highest BCUT2D eigenvalue weighted by Gasteiger charge is 2.41.